The maximum absolute atomic E-state index is 4.82. The molecule has 1 rings (SSSR count). The van der Waals surface area contributed by atoms with Crippen LogP contribution in [0, 0.1) is 0 Å². The lowest BCUT2D eigenvalue weighted by molar-refractivity contribution is 0.222. The Labute approximate surface area is 48.8 Å². The zero-order valence-electron chi connectivity index (χ0n) is 4.79. The molecule has 0 atom stereocenters. The van der Waals surface area contributed by atoms with E-state index in [4.69, 9.17) is 4.74 Å². The second-order valence-corrected chi connectivity index (χ2v) is 1.56. The number of allylic oxidation sites excluding steroid dienone is 2. The molecule has 0 aromatic carbocycles. The zero-order chi connectivity index (χ0) is 5.82. The van der Waals surface area contributed by atoms with Gasteiger partial charge in [-0.05, 0) is 12.2 Å². The Bertz CT molecular complexity index is 126. The molecule has 0 spiro atoms. The number of rotatable bonds is 2. The molecular weight excluding hydrogens is 102 g/mol. The van der Waals surface area contributed by atoms with Crippen molar-refractivity contribution in [1.82, 2.24) is 5.32 Å². The van der Waals surface area contributed by atoms with Gasteiger partial charge < -0.3 is 4.74 Å². The molecule has 2 heteroatoms. The summed E-state index contributed by atoms with van der Waals surface area (Å²) in [5, 5.41) is 3.98. The van der Waals surface area contributed by atoms with E-state index < -0.39 is 0 Å². The van der Waals surface area contributed by atoms with Crippen molar-refractivity contribution in [2.75, 3.05) is 13.7 Å². The number of methoxy groups -OCH3 is 1. The molecule has 0 aromatic rings. The van der Waals surface area contributed by atoms with E-state index in [1.54, 1.807) is 13.3 Å². The summed E-state index contributed by atoms with van der Waals surface area (Å²) >= 11 is 0. The molecule has 8 heavy (non-hydrogen) atoms. The van der Waals surface area contributed by atoms with E-state index in [0.717, 1.165) is 5.70 Å². The van der Waals surface area contributed by atoms with E-state index >= 15 is 0 Å². The molecular formula is C6H8NO. The Balaban J connectivity index is 2.28. The van der Waals surface area contributed by atoms with Crippen molar-refractivity contribution in [3.05, 3.63) is 24.0 Å². The van der Waals surface area contributed by atoms with Gasteiger partial charge in [-0.15, -0.1) is 0 Å². The van der Waals surface area contributed by atoms with Crippen molar-refractivity contribution < 1.29 is 4.74 Å². The van der Waals surface area contributed by atoms with Crippen LogP contribution >= 0.6 is 0 Å². The predicted molar refractivity (Wildman–Crippen MR) is 31.2 cm³/mol. The highest BCUT2D eigenvalue weighted by atomic mass is 16.5. The number of nitrogens with zero attached hydrogens (tertiary/aromatic N) is 1. The highest BCUT2D eigenvalue weighted by Gasteiger charge is 1.96. The second kappa shape index (κ2) is 2.52. The van der Waals surface area contributed by atoms with Gasteiger partial charge in [0.05, 0.1) is 12.3 Å². The molecule has 43 valence electrons. The summed E-state index contributed by atoms with van der Waals surface area (Å²) in [6.45, 7) is 0.618. The molecule has 0 unspecified atom stereocenters. The lowest BCUT2D eigenvalue weighted by atomic mass is 10.4. The molecule has 0 aromatic heterocycles. The Morgan fingerprint density at radius 2 is 2.62 bits per heavy atom. The topological polar surface area (TPSA) is 23.3 Å². The van der Waals surface area contributed by atoms with Gasteiger partial charge >= 0.3 is 0 Å². The van der Waals surface area contributed by atoms with Crippen molar-refractivity contribution in [3.63, 3.8) is 0 Å². The molecule has 1 heterocycles. The molecule has 0 N–H and O–H groups in total. The summed E-state index contributed by atoms with van der Waals surface area (Å²) in [5.41, 5.74) is 0.993. The Morgan fingerprint density at radius 1 is 1.75 bits per heavy atom. The fourth-order valence-electron chi connectivity index (χ4n) is 0.569. The number of hydrogen-bond acceptors (Lipinski definition) is 1. The fourth-order valence-corrected chi connectivity index (χ4v) is 0.569. The molecule has 0 saturated carbocycles. The number of ether oxygens (including phenoxy) is 1. The third-order valence-electron chi connectivity index (χ3n) is 0.907. The summed E-state index contributed by atoms with van der Waals surface area (Å²) in [6.07, 6.45) is 5.59. The Morgan fingerprint density at radius 3 is 3.12 bits per heavy atom. The molecule has 2 nitrogen and oxygen atoms in total. The van der Waals surface area contributed by atoms with Gasteiger partial charge in [0.15, 0.2) is 0 Å². The van der Waals surface area contributed by atoms with Crippen LogP contribution in [-0.4, -0.2) is 13.7 Å². The van der Waals surface area contributed by atoms with E-state index in [1.807, 2.05) is 12.2 Å². The molecule has 1 aliphatic rings. The SMILES string of the molecule is COCC1=CC=C[N]1. The first kappa shape index (κ1) is 5.38. The van der Waals surface area contributed by atoms with Crippen LogP contribution in [0.5, 0.6) is 0 Å². The quantitative estimate of drug-likeness (QED) is 0.512. The standard InChI is InChI=1S/C6H8NO/c1-8-5-6-3-2-4-7-6/h2-4H,5H2,1H3. The first-order valence-electron chi connectivity index (χ1n) is 2.49. The summed E-state index contributed by atoms with van der Waals surface area (Å²) in [4.78, 5) is 0. The van der Waals surface area contributed by atoms with Gasteiger partial charge in [-0.2, -0.15) is 0 Å². The minimum Gasteiger partial charge on any atom is -0.378 e. The van der Waals surface area contributed by atoms with Crippen molar-refractivity contribution in [2.45, 2.75) is 0 Å². The first-order chi connectivity index (χ1) is 3.93. The Hall–Kier alpha value is -0.760. The summed E-state index contributed by atoms with van der Waals surface area (Å²) in [6, 6.07) is 0. The predicted octanol–water partition coefficient (Wildman–Crippen LogP) is 0.648. The lowest BCUT2D eigenvalue weighted by Gasteiger charge is -1.95. The number of hydrogen-bond donors (Lipinski definition) is 0. The maximum Gasteiger partial charge on any atom is 0.0884 e. The van der Waals surface area contributed by atoms with E-state index in [0.29, 0.717) is 6.61 Å². The average Bonchev–Trinajstić information content (AvgIpc) is 2.19. The van der Waals surface area contributed by atoms with Crippen LogP contribution < -0.4 is 5.32 Å². The van der Waals surface area contributed by atoms with Crippen LogP contribution in [-0.2, 0) is 4.74 Å². The minimum absolute atomic E-state index is 0.618. The average molecular weight is 110 g/mol. The Kier molecular flexibility index (Phi) is 1.70. The van der Waals surface area contributed by atoms with Crippen molar-refractivity contribution in [2.24, 2.45) is 0 Å². The summed E-state index contributed by atoms with van der Waals surface area (Å²) < 4.78 is 4.82. The van der Waals surface area contributed by atoms with E-state index in [-0.39, 0.29) is 0 Å². The monoisotopic (exact) mass is 110 g/mol. The van der Waals surface area contributed by atoms with Crippen LogP contribution in [0.15, 0.2) is 24.0 Å². The maximum atomic E-state index is 4.82. The largest absolute Gasteiger partial charge is 0.378 e. The van der Waals surface area contributed by atoms with Gasteiger partial charge in [-0.25, -0.2) is 0 Å². The third kappa shape index (κ3) is 1.10. The van der Waals surface area contributed by atoms with E-state index in [2.05, 4.69) is 5.32 Å². The zero-order valence-corrected chi connectivity index (χ0v) is 4.79. The molecule has 0 bridgehead atoms. The van der Waals surface area contributed by atoms with Crippen LogP contribution in [0.4, 0.5) is 0 Å². The lowest BCUT2D eigenvalue weighted by Crippen LogP contribution is -1.99. The molecule has 1 radical (unpaired) electrons. The smallest absolute Gasteiger partial charge is 0.0884 e. The van der Waals surface area contributed by atoms with Crippen molar-refractivity contribution >= 4 is 0 Å². The molecule has 0 aliphatic carbocycles. The van der Waals surface area contributed by atoms with Crippen molar-refractivity contribution in [1.29, 1.82) is 0 Å². The van der Waals surface area contributed by atoms with Crippen LogP contribution in [0.25, 0.3) is 0 Å². The molecule has 0 fully saturated rings. The third-order valence-corrected chi connectivity index (χ3v) is 0.907. The summed E-state index contributed by atoms with van der Waals surface area (Å²) in [7, 11) is 1.66. The molecule has 0 saturated heterocycles. The summed E-state index contributed by atoms with van der Waals surface area (Å²) in [5.74, 6) is 0. The highest BCUT2D eigenvalue weighted by molar-refractivity contribution is 5.19. The van der Waals surface area contributed by atoms with Gasteiger partial charge in [0.25, 0.3) is 0 Å². The van der Waals surface area contributed by atoms with Gasteiger partial charge in [0, 0.05) is 13.3 Å². The van der Waals surface area contributed by atoms with Crippen LogP contribution in [0.1, 0.15) is 0 Å². The fraction of sp³-hybridized carbons (Fsp3) is 0.333. The van der Waals surface area contributed by atoms with E-state index in [9.17, 15) is 0 Å². The molecule has 0 amide bonds. The normalized spacial score (nSPS) is 15.9. The second-order valence-electron chi connectivity index (χ2n) is 1.56. The van der Waals surface area contributed by atoms with Gasteiger partial charge in [0.2, 0.25) is 0 Å². The van der Waals surface area contributed by atoms with Crippen LogP contribution in [0.3, 0.4) is 0 Å². The van der Waals surface area contributed by atoms with E-state index in [1.165, 1.54) is 0 Å². The van der Waals surface area contributed by atoms with Crippen LogP contribution in [0.2, 0.25) is 0 Å². The van der Waals surface area contributed by atoms with Gasteiger partial charge in [-0.3, -0.25) is 5.32 Å². The van der Waals surface area contributed by atoms with Crippen molar-refractivity contribution in [3.8, 4) is 0 Å². The highest BCUT2D eigenvalue weighted by Crippen LogP contribution is 1.98. The molecule has 1 aliphatic heterocycles. The first-order valence-corrected chi connectivity index (χ1v) is 2.49. The van der Waals surface area contributed by atoms with Gasteiger partial charge in [0.1, 0.15) is 0 Å². The minimum atomic E-state index is 0.618. The van der Waals surface area contributed by atoms with Gasteiger partial charge in [-0.1, -0.05) is 0 Å².